The number of carboxylic acids is 1. The second-order valence-electron chi connectivity index (χ2n) is 2.66. The number of carboxylic acid groups (broad SMARTS) is 1. The van der Waals surface area contributed by atoms with Crippen LogP contribution in [0.2, 0.25) is 0 Å². The lowest BCUT2D eigenvalue weighted by Gasteiger charge is -1.90. The van der Waals surface area contributed by atoms with Gasteiger partial charge in [-0.2, -0.15) is 0 Å². The van der Waals surface area contributed by atoms with E-state index in [0.29, 0.717) is 5.69 Å². The fourth-order valence-electron chi connectivity index (χ4n) is 0.830. The predicted molar refractivity (Wildman–Crippen MR) is 55.4 cm³/mol. The summed E-state index contributed by atoms with van der Waals surface area (Å²) in [5.41, 5.74) is 0.481. The first-order valence-electron chi connectivity index (χ1n) is 4.45. The minimum atomic E-state index is -0.888. The molecule has 6 heteroatoms. The molecule has 0 aliphatic heterocycles. The van der Waals surface area contributed by atoms with Crippen LogP contribution in [0.3, 0.4) is 0 Å². The van der Waals surface area contributed by atoms with Gasteiger partial charge in [0.15, 0.2) is 0 Å². The van der Waals surface area contributed by atoms with Gasteiger partial charge in [0.2, 0.25) is 0 Å². The topological polar surface area (TPSA) is 88.9 Å². The number of hydrogen-bond donors (Lipinski definition) is 1. The number of aliphatic carboxylic acids is 1. The molecule has 0 radical (unpaired) electrons. The molecule has 0 unspecified atom stereocenters. The molecule has 0 aliphatic carbocycles. The van der Waals surface area contributed by atoms with Crippen LogP contribution in [0.1, 0.15) is 5.69 Å². The Kier molecular flexibility index (Phi) is 5.11. The number of nitrogens with zero attached hydrogens (tertiary/aromatic N) is 4. The fourth-order valence-corrected chi connectivity index (χ4v) is 0.830. The molecule has 0 bridgehead atoms. The van der Waals surface area contributed by atoms with Crippen LogP contribution < -0.4 is 0 Å². The third-order valence-corrected chi connectivity index (χ3v) is 1.43. The highest BCUT2D eigenvalue weighted by Crippen LogP contribution is 1.90. The van der Waals surface area contributed by atoms with Crippen LogP contribution >= 0.6 is 0 Å². The van der Waals surface area contributed by atoms with Crippen molar-refractivity contribution in [3.05, 3.63) is 49.1 Å². The minimum absolute atomic E-state index is 0.0617. The Bertz CT molecular complexity index is 381. The van der Waals surface area contributed by atoms with Crippen LogP contribution in [-0.4, -0.2) is 31.0 Å². The van der Waals surface area contributed by atoms with Crippen LogP contribution in [0.5, 0.6) is 0 Å². The Balaban J connectivity index is 0.000000181. The van der Waals surface area contributed by atoms with Crippen molar-refractivity contribution in [3.8, 4) is 0 Å². The molecule has 0 amide bonds. The van der Waals surface area contributed by atoms with Gasteiger partial charge in [-0.25, -0.2) is 0 Å². The molecule has 2 aromatic rings. The maximum atomic E-state index is 10.1. The van der Waals surface area contributed by atoms with E-state index < -0.39 is 5.97 Å². The zero-order valence-corrected chi connectivity index (χ0v) is 8.39. The Labute approximate surface area is 92.1 Å². The van der Waals surface area contributed by atoms with Crippen LogP contribution in [0, 0.1) is 0 Å². The third kappa shape index (κ3) is 5.38. The van der Waals surface area contributed by atoms with Crippen molar-refractivity contribution in [1.82, 2.24) is 19.9 Å². The maximum absolute atomic E-state index is 10.1. The van der Waals surface area contributed by atoms with Crippen LogP contribution in [0.25, 0.3) is 0 Å². The average Bonchev–Trinajstić information content (AvgIpc) is 2.32. The van der Waals surface area contributed by atoms with Gasteiger partial charge in [-0.05, 0) is 0 Å². The van der Waals surface area contributed by atoms with Gasteiger partial charge in [-0.3, -0.25) is 24.7 Å². The first-order valence-corrected chi connectivity index (χ1v) is 4.45. The summed E-state index contributed by atoms with van der Waals surface area (Å²) in [5.74, 6) is -0.888. The first kappa shape index (κ1) is 11.7. The lowest BCUT2D eigenvalue weighted by Crippen LogP contribution is -2.01. The Morgan fingerprint density at radius 2 is 1.56 bits per heavy atom. The Hall–Kier alpha value is -2.37. The van der Waals surface area contributed by atoms with E-state index in [-0.39, 0.29) is 6.42 Å². The summed E-state index contributed by atoms with van der Waals surface area (Å²) in [7, 11) is 0. The largest absolute Gasteiger partial charge is 0.481 e. The van der Waals surface area contributed by atoms with E-state index in [9.17, 15) is 4.79 Å². The lowest BCUT2D eigenvalue weighted by atomic mass is 10.3. The molecule has 16 heavy (non-hydrogen) atoms. The van der Waals surface area contributed by atoms with E-state index in [4.69, 9.17) is 5.11 Å². The summed E-state index contributed by atoms with van der Waals surface area (Å²) in [6, 6.07) is 0. The van der Waals surface area contributed by atoms with E-state index in [2.05, 4.69) is 19.9 Å². The molecule has 2 heterocycles. The highest BCUT2D eigenvalue weighted by atomic mass is 16.4. The summed E-state index contributed by atoms with van der Waals surface area (Å²) in [6.45, 7) is 0. The summed E-state index contributed by atoms with van der Waals surface area (Å²) in [6.07, 6.45) is 10.9. The molecule has 0 atom stereocenters. The zero-order chi connectivity index (χ0) is 11.6. The molecule has 0 aromatic carbocycles. The SMILES string of the molecule is O=C(O)Cc1cnccn1.c1cnccn1. The molecular weight excluding hydrogens is 208 g/mol. The summed E-state index contributed by atoms with van der Waals surface area (Å²) < 4.78 is 0. The zero-order valence-electron chi connectivity index (χ0n) is 8.39. The second-order valence-corrected chi connectivity index (χ2v) is 2.66. The van der Waals surface area contributed by atoms with Crippen molar-refractivity contribution in [2.45, 2.75) is 6.42 Å². The maximum Gasteiger partial charge on any atom is 0.309 e. The van der Waals surface area contributed by atoms with Crippen molar-refractivity contribution in [1.29, 1.82) is 0 Å². The molecule has 0 aliphatic rings. The molecule has 0 fully saturated rings. The normalized spacial score (nSPS) is 8.75. The average molecular weight is 218 g/mol. The van der Waals surface area contributed by atoms with E-state index in [0.717, 1.165) is 0 Å². The van der Waals surface area contributed by atoms with Crippen molar-refractivity contribution >= 4 is 5.97 Å². The number of rotatable bonds is 2. The summed E-state index contributed by atoms with van der Waals surface area (Å²) in [4.78, 5) is 25.0. The summed E-state index contributed by atoms with van der Waals surface area (Å²) in [5, 5.41) is 8.30. The molecule has 82 valence electrons. The van der Waals surface area contributed by atoms with Crippen molar-refractivity contribution in [2.24, 2.45) is 0 Å². The minimum Gasteiger partial charge on any atom is -0.481 e. The quantitative estimate of drug-likeness (QED) is 0.793. The van der Waals surface area contributed by atoms with Gasteiger partial charge in [-0.1, -0.05) is 0 Å². The van der Waals surface area contributed by atoms with E-state index >= 15 is 0 Å². The monoisotopic (exact) mass is 218 g/mol. The molecule has 0 saturated heterocycles. The van der Waals surface area contributed by atoms with Crippen molar-refractivity contribution in [2.75, 3.05) is 0 Å². The third-order valence-electron chi connectivity index (χ3n) is 1.43. The second kappa shape index (κ2) is 6.99. The molecule has 6 nitrogen and oxygen atoms in total. The molecule has 2 aromatic heterocycles. The molecular formula is C10H10N4O2. The number of hydrogen-bond acceptors (Lipinski definition) is 5. The fraction of sp³-hybridized carbons (Fsp3) is 0.100. The van der Waals surface area contributed by atoms with Crippen molar-refractivity contribution < 1.29 is 9.90 Å². The van der Waals surface area contributed by atoms with Gasteiger partial charge in [0.1, 0.15) is 0 Å². The Morgan fingerprint density at radius 3 is 1.94 bits per heavy atom. The molecule has 0 saturated carbocycles. The van der Waals surface area contributed by atoms with E-state index in [1.165, 1.54) is 18.6 Å². The molecule has 1 N–H and O–H groups in total. The van der Waals surface area contributed by atoms with Gasteiger partial charge in [0.25, 0.3) is 0 Å². The first-order chi connectivity index (χ1) is 7.79. The standard InChI is InChI=1S/C6H6N2O2.C4H4N2/c9-6(10)3-5-4-7-1-2-8-5;1-2-6-4-3-5-1/h1-2,4H,3H2,(H,9,10);1-4H. The number of aromatic nitrogens is 4. The summed E-state index contributed by atoms with van der Waals surface area (Å²) >= 11 is 0. The van der Waals surface area contributed by atoms with E-state index in [1.54, 1.807) is 24.8 Å². The van der Waals surface area contributed by atoms with Gasteiger partial charge < -0.3 is 5.11 Å². The van der Waals surface area contributed by atoms with Gasteiger partial charge in [0.05, 0.1) is 12.1 Å². The predicted octanol–water partition coefficient (Wildman–Crippen LogP) is 0.580. The highest BCUT2D eigenvalue weighted by Gasteiger charge is 1.98. The molecule has 2 rings (SSSR count). The van der Waals surface area contributed by atoms with Gasteiger partial charge in [0, 0.05) is 43.4 Å². The van der Waals surface area contributed by atoms with E-state index in [1.807, 2.05) is 0 Å². The van der Waals surface area contributed by atoms with Crippen molar-refractivity contribution in [3.63, 3.8) is 0 Å². The molecule has 0 spiro atoms. The Morgan fingerprint density at radius 1 is 1.00 bits per heavy atom. The highest BCUT2D eigenvalue weighted by molar-refractivity contribution is 5.69. The smallest absolute Gasteiger partial charge is 0.309 e. The number of carbonyl (C=O) groups is 1. The van der Waals surface area contributed by atoms with Crippen LogP contribution in [-0.2, 0) is 11.2 Å². The van der Waals surface area contributed by atoms with Crippen LogP contribution in [0.15, 0.2) is 43.4 Å². The lowest BCUT2D eigenvalue weighted by molar-refractivity contribution is -0.136. The van der Waals surface area contributed by atoms with Gasteiger partial charge in [-0.15, -0.1) is 0 Å². The van der Waals surface area contributed by atoms with Crippen LogP contribution in [0.4, 0.5) is 0 Å². The van der Waals surface area contributed by atoms with Gasteiger partial charge >= 0.3 is 5.97 Å².